The highest BCUT2D eigenvalue weighted by Crippen LogP contribution is 2.20. The first-order valence-electron chi connectivity index (χ1n) is 7.27. The number of nitrogens with two attached hydrogens (primary N) is 1. The van der Waals surface area contributed by atoms with Crippen molar-refractivity contribution in [2.75, 3.05) is 16.8 Å². The first kappa shape index (κ1) is 17.6. The molecule has 0 bridgehead atoms. The van der Waals surface area contributed by atoms with Gasteiger partial charge in [0.15, 0.2) is 0 Å². The largest absolute Gasteiger partial charge is 0.322 e. The average molecular weight is 333 g/mol. The number of amides is 2. The molecule has 1 atom stereocenters. The summed E-state index contributed by atoms with van der Waals surface area (Å²) in [5.41, 5.74) is 5.60. The van der Waals surface area contributed by atoms with E-state index in [1.807, 2.05) is 0 Å². The minimum Gasteiger partial charge on any atom is -0.322 e. The number of nitrogens with zero attached hydrogens (tertiary/aromatic N) is 1. The van der Waals surface area contributed by atoms with Gasteiger partial charge in [-0.1, -0.05) is 18.2 Å². The standard InChI is InChI=1S/C17H17F2N3O2/c1-11(17(24)21-15-9-12(18)7-8-14(15)19)22(16(23)10-20)13-5-3-2-4-6-13/h2-9,11H,10,20H2,1H3,(H,21,24). The molecule has 0 saturated carbocycles. The summed E-state index contributed by atoms with van der Waals surface area (Å²) >= 11 is 0. The van der Waals surface area contributed by atoms with E-state index >= 15 is 0 Å². The monoisotopic (exact) mass is 333 g/mol. The Labute approximate surface area is 138 Å². The molecule has 0 spiro atoms. The molecule has 0 aliphatic rings. The van der Waals surface area contributed by atoms with Crippen LogP contribution in [0.3, 0.4) is 0 Å². The quantitative estimate of drug-likeness (QED) is 0.881. The van der Waals surface area contributed by atoms with E-state index < -0.39 is 29.5 Å². The molecule has 0 saturated heterocycles. The summed E-state index contributed by atoms with van der Waals surface area (Å²) in [4.78, 5) is 25.7. The number of hydrogen-bond donors (Lipinski definition) is 2. The second-order valence-corrected chi connectivity index (χ2v) is 5.09. The third-order valence-electron chi connectivity index (χ3n) is 3.43. The number of carbonyl (C=O) groups excluding carboxylic acids is 2. The number of benzene rings is 2. The normalized spacial score (nSPS) is 11.7. The maximum atomic E-state index is 13.7. The summed E-state index contributed by atoms with van der Waals surface area (Å²) in [5.74, 6) is -2.58. The lowest BCUT2D eigenvalue weighted by molar-refractivity contribution is -0.122. The van der Waals surface area contributed by atoms with Crippen LogP contribution < -0.4 is 16.0 Å². The Bertz CT molecular complexity index is 738. The minimum atomic E-state index is -0.967. The molecular weight excluding hydrogens is 316 g/mol. The highest BCUT2D eigenvalue weighted by molar-refractivity contribution is 6.05. The van der Waals surface area contributed by atoms with Gasteiger partial charge in [0.1, 0.15) is 17.7 Å². The molecule has 2 amide bonds. The fourth-order valence-corrected chi connectivity index (χ4v) is 2.22. The summed E-state index contributed by atoms with van der Waals surface area (Å²) in [6.07, 6.45) is 0. The minimum absolute atomic E-state index is 0.291. The van der Waals surface area contributed by atoms with Crippen LogP contribution in [-0.4, -0.2) is 24.4 Å². The fourth-order valence-electron chi connectivity index (χ4n) is 2.22. The zero-order valence-electron chi connectivity index (χ0n) is 13.0. The van der Waals surface area contributed by atoms with Gasteiger partial charge in [0.25, 0.3) is 0 Å². The number of nitrogens with one attached hydrogen (secondary N) is 1. The third-order valence-corrected chi connectivity index (χ3v) is 3.43. The number of carbonyl (C=O) groups is 2. The molecule has 0 aliphatic heterocycles. The highest BCUT2D eigenvalue weighted by Gasteiger charge is 2.27. The Morgan fingerprint density at radius 3 is 2.46 bits per heavy atom. The zero-order chi connectivity index (χ0) is 17.7. The van der Waals surface area contributed by atoms with Crippen molar-refractivity contribution in [1.29, 1.82) is 0 Å². The number of hydrogen-bond acceptors (Lipinski definition) is 3. The van der Waals surface area contributed by atoms with Crippen LogP contribution >= 0.6 is 0 Å². The topological polar surface area (TPSA) is 75.4 Å². The molecule has 7 heteroatoms. The molecule has 3 N–H and O–H groups in total. The van der Waals surface area contributed by atoms with Crippen molar-refractivity contribution in [3.05, 3.63) is 60.2 Å². The van der Waals surface area contributed by atoms with Gasteiger partial charge >= 0.3 is 0 Å². The summed E-state index contributed by atoms with van der Waals surface area (Å²) in [6, 6.07) is 10.3. The van der Waals surface area contributed by atoms with Crippen molar-refractivity contribution in [3.8, 4) is 0 Å². The van der Waals surface area contributed by atoms with E-state index in [2.05, 4.69) is 5.32 Å². The van der Waals surface area contributed by atoms with E-state index in [9.17, 15) is 18.4 Å². The molecular formula is C17H17F2N3O2. The van der Waals surface area contributed by atoms with Gasteiger partial charge in [-0.25, -0.2) is 8.78 Å². The van der Waals surface area contributed by atoms with E-state index in [0.717, 1.165) is 18.2 Å². The van der Waals surface area contributed by atoms with Crippen LogP contribution in [-0.2, 0) is 9.59 Å². The third kappa shape index (κ3) is 3.94. The van der Waals surface area contributed by atoms with Crippen molar-refractivity contribution in [3.63, 3.8) is 0 Å². The Kier molecular flexibility index (Phi) is 5.59. The lowest BCUT2D eigenvalue weighted by Gasteiger charge is -2.28. The maximum absolute atomic E-state index is 13.7. The number of anilines is 2. The summed E-state index contributed by atoms with van der Waals surface area (Å²) < 4.78 is 26.9. The van der Waals surface area contributed by atoms with Gasteiger partial charge in [-0.15, -0.1) is 0 Å². The van der Waals surface area contributed by atoms with Crippen molar-refractivity contribution in [2.45, 2.75) is 13.0 Å². The van der Waals surface area contributed by atoms with Crippen LogP contribution in [0, 0.1) is 11.6 Å². The molecule has 126 valence electrons. The van der Waals surface area contributed by atoms with E-state index in [4.69, 9.17) is 5.73 Å². The first-order chi connectivity index (χ1) is 11.4. The number of halogens is 2. The molecule has 0 fully saturated rings. The lowest BCUT2D eigenvalue weighted by atomic mass is 10.2. The molecule has 0 radical (unpaired) electrons. The van der Waals surface area contributed by atoms with E-state index in [-0.39, 0.29) is 12.2 Å². The molecule has 2 aromatic rings. The molecule has 1 unspecified atom stereocenters. The van der Waals surface area contributed by atoms with Gasteiger partial charge in [-0.05, 0) is 31.2 Å². The van der Waals surface area contributed by atoms with Crippen LogP contribution in [0.2, 0.25) is 0 Å². The second-order valence-electron chi connectivity index (χ2n) is 5.09. The Morgan fingerprint density at radius 1 is 1.17 bits per heavy atom. The van der Waals surface area contributed by atoms with Gasteiger partial charge in [-0.2, -0.15) is 0 Å². The van der Waals surface area contributed by atoms with Gasteiger partial charge in [0.2, 0.25) is 11.8 Å². The smallest absolute Gasteiger partial charge is 0.247 e. The maximum Gasteiger partial charge on any atom is 0.247 e. The number of rotatable bonds is 5. The number of para-hydroxylation sites is 1. The van der Waals surface area contributed by atoms with Crippen molar-refractivity contribution >= 4 is 23.2 Å². The van der Waals surface area contributed by atoms with Gasteiger partial charge in [-0.3, -0.25) is 14.5 Å². The molecule has 2 aromatic carbocycles. The SMILES string of the molecule is CC(C(=O)Nc1cc(F)ccc1F)N(C(=O)CN)c1ccccc1. The summed E-state index contributed by atoms with van der Waals surface area (Å²) in [7, 11) is 0. The summed E-state index contributed by atoms with van der Waals surface area (Å²) in [6.45, 7) is 1.19. The van der Waals surface area contributed by atoms with Crippen LogP contribution in [0.15, 0.2) is 48.5 Å². The second kappa shape index (κ2) is 7.65. The van der Waals surface area contributed by atoms with E-state index in [1.54, 1.807) is 30.3 Å². The van der Waals surface area contributed by atoms with Gasteiger partial charge < -0.3 is 11.1 Å². The Morgan fingerprint density at radius 2 is 1.83 bits per heavy atom. The zero-order valence-corrected chi connectivity index (χ0v) is 13.0. The van der Waals surface area contributed by atoms with Crippen molar-refractivity contribution in [2.24, 2.45) is 5.73 Å². The first-order valence-corrected chi connectivity index (χ1v) is 7.27. The van der Waals surface area contributed by atoms with Crippen LogP contribution in [0.1, 0.15) is 6.92 Å². The fraction of sp³-hybridized carbons (Fsp3) is 0.176. The molecule has 24 heavy (non-hydrogen) atoms. The van der Waals surface area contributed by atoms with E-state index in [0.29, 0.717) is 5.69 Å². The van der Waals surface area contributed by atoms with Crippen molar-refractivity contribution in [1.82, 2.24) is 0 Å². The van der Waals surface area contributed by atoms with Gasteiger partial charge in [0.05, 0.1) is 12.2 Å². The molecule has 0 aliphatic carbocycles. The van der Waals surface area contributed by atoms with Gasteiger partial charge in [0, 0.05) is 11.8 Å². The van der Waals surface area contributed by atoms with Crippen LogP contribution in [0.4, 0.5) is 20.2 Å². The van der Waals surface area contributed by atoms with Crippen LogP contribution in [0.5, 0.6) is 0 Å². The summed E-state index contributed by atoms with van der Waals surface area (Å²) in [5, 5.41) is 2.29. The predicted octanol–water partition coefficient (Wildman–Crippen LogP) is 2.28. The predicted molar refractivity (Wildman–Crippen MR) is 87.4 cm³/mol. The average Bonchev–Trinajstić information content (AvgIpc) is 2.59. The molecule has 0 heterocycles. The Hall–Kier alpha value is -2.80. The highest BCUT2D eigenvalue weighted by atomic mass is 19.1. The lowest BCUT2D eigenvalue weighted by Crippen LogP contribution is -2.48. The molecule has 5 nitrogen and oxygen atoms in total. The van der Waals surface area contributed by atoms with Crippen LogP contribution in [0.25, 0.3) is 0 Å². The Balaban J connectivity index is 2.26. The van der Waals surface area contributed by atoms with E-state index in [1.165, 1.54) is 11.8 Å². The molecule has 2 rings (SSSR count). The molecule has 0 aromatic heterocycles. The van der Waals surface area contributed by atoms with Crippen molar-refractivity contribution < 1.29 is 18.4 Å².